The van der Waals surface area contributed by atoms with Crippen molar-refractivity contribution in [2.24, 2.45) is 0 Å². The van der Waals surface area contributed by atoms with Crippen molar-refractivity contribution >= 4 is 17.3 Å². The van der Waals surface area contributed by atoms with E-state index in [1.165, 1.54) is 11.3 Å². The van der Waals surface area contributed by atoms with E-state index in [4.69, 9.17) is 16.3 Å². The Morgan fingerprint density at radius 1 is 1.33 bits per heavy atom. The van der Waals surface area contributed by atoms with E-state index in [-0.39, 0.29) is 5.54 Å². The summed E-state index contributed by atoms with van der Waals surface area (Å²) in [7, 11) is 1.74. The molecule has 0 saturated carbocycles. The van der Waals surface area contributed by atoms with Gasteiger partial charge in [0.25, 0.3) is 0 Å². The van der Waals surface area contributed by atoms with Crippen molar-refractivity contribution in [3.05, 3.63) is 28.8 Å². The molecule has 1 atom stereocenters. The molecule has 0 aliphatic heterocycles. The summed E-state index contributed by atoms with van der Waals surface area (Å²) in [5.74, 6) is 0. The van der Waals surface area contributed by atoms with Crippen LogP contribution in [0.2, 0.25) is 5.02 Å². The van der Waals surface area contributed by atoms with Crippen molar-refractivity contribution in [3.63, 3.8) is 0 Å². The number of ether oxygens (including phenoxy) is 1. The third-order valence-electron chi connectivity index (χ3n) is 3.44. The molecule has 0 aliphatic rings. The quantitative estimate of drug-likeness (QED) is 0.820. The second-order valence-corrected chi connectivity index (χ2v) is 6.90. The maximum Gasteiger partial charge on any atom is 0.0663 e. The zero-order chi connectivity index (χ0) is 16.0. The maximum atomic E-state index is 6.18. The Kier molecular flexibility index (Phi) is 6.98. The van der Waals surface area contributed by atoms with Crippen LogP contribution in [-0.4, -0.2) is 31.8 Å². The van der Waals surface area contributed by atoms with Gasteiger partial charge in [0.1, 0.15) is 0 Å². The molecule has 1 rings (SSSR count). The van der Waals surface area contributed by atoms with Gasteiger partial charge in [-0.3, -0.25) is 0 Å². The lowest BCUT2D eigenvalue weighted by atomic mass is 10.1. The van der Waals surface area contributed by atoms with Crippen molar-refractivity contribution in [2.45, 2.75) is 52.7 Å². The Balaban J connectivity index is 3.03. The Hall–Kier alpha value is -0.770. The standard InChI is InChI=1S/C17H29ClN2O/c1-7-20(13(2)12-21-6)16-9-8-15(18)10-14(16)11-19-17(3,4)5/h8-10,13,19H,7,11-12H2,1-6H3. The van der Waals surface area contributed by atoms with Gasteiger partial charge in [0.2, 0.25) is 0 Å². The van der Waals surface area contributed by atoms with E-state index in [0.29, 0.717) is 12.6 Å². The van der Waals surface area contributed by atoms with E-state index in [1.54, 1.807) is 7.11 Å². The molecule has 1 aromatic rings. The van der Waals surface area contributed by atoms with Gasteiger partial charge >= 0.3 is 0 Å². The third kappa shape index (κ3) is 5.85. The smallest absolute Gasteiger partial charge is 0.0663 e. The van der Waals surface area contributed by atoms with Crippen LogP contribution in [0.1, 0.15) is 40.2 Å². The molecule has 0 spiro atoms. The van der Waals surface area contributed by atoms with E-state index < -0.39 is 0 Å². The van der Waals surface area contributed by atoms with Crippen molar-refractivity contribution in [1.82, 2.24) is 5.32 Å². The monoisotopic (exact) mass is 312 g/mol. The highest BCUT2D eigenvalue weighted by Crippen LogP contribution is 2.26. The molecule has 0 heterocycles. The highest BCUT2D eigenvalue weighted by atomic mass is 35.5. The van der Waals surface area contributed by atoms with Crippen LogP contribution in [0.5, 0.6) is 0 Å². The minimum absolute atomic E-state index is 0.0782. The van der Waals surface area contributed by atoms with Crippen molar-refractivity contribution in [2.75, 3.05) is 25.2 Å². The molecule has 21 heavy (non-hydrogen) atoms. The summed E-state index contributed by atoms with van der Waals surface area (Å²) in [6.45, 7) is 13.3. The van der Waals surface area contributed by atoms with Gasteiger partial charge in [-0.05, 0) is 58.4 Å². The summed E-state index contributed by atoms with van der Waals surface area (Å²) in [6.07, 6.45) is 0. The first-order valence-electron chi connectivity index (χ1n) is 7.57. The number of anilines is 1. The fourth-order valence-electron chi connectivity index (χ4n) is 2.39. The van der Waals surface area contributed by atoms with Gasteiger partial charge in [-0.15, -0.1) is 0 Å². The molecular formula is C17H29ClN2O. The lowest BCUT2D eigenvalue weighted by Gasteiger charge is -2.32. The van der Waals surface area contributed by atoms with Crippen LogP contribution in [0.4, 0.5) is 5.69 Å². The zero-order valence-electron chi connectivity index (χ0n) is 14.2. The second-order valence-electron chi connectivity index (χ2n) is 6.47. The first-order valence-corrected chi connectivity index (χ1v) is 7.95. The average molecular weight is 313 g/mol. The first-order chi connectivity index (χ1) is 9.78. The topological polar surface area (TPSA) is 24.5 Å². The van der Waals surface area contributed by atoms with E-state index in [0.717, 1.165) is 18.1 Å². The number of hydrogen-bond acceptors (Lipinski definition) is 3. The number of likely N-dealkylation sites (N-methyl/N-ethyl adjacent to an activating group) is 1. The zero-order valence-corrected chi connectivity index (χ0v) is 14.9. The Labute approximate surface area is 134 Å². The lowest BCUT2D eigenvalue weighted by Crippen LogP contribution is -2.38. The number of nitrogens with one attached hydrogen (secondary N) is 1. The van der Waals surface area contributed by atoms with Crippen LogP contribution in [0.3, 0.4) is 0 Å². The number of nitrogens with zero attached hydrogens (tertiary/aromatic N) is 1. The van der Waals surface area contributed by atoms with E-state index in [9.17, 15) is 0 Å². The fourth-order valence-corrected chi connectivity index (χ4v) is 2.58. The molecule has 120 valence electrons. The summed E-state index contributed by atoms with van der Waals surface area (Å²) >= 11 is 6.18. The van der Waals surface area contributed by atoms with Gasteiger partial charge in [-0.2, -0.15) is 0 Å². The van der Waals surface area contributed by atoms with Crippen molar-refractivity contribution < 1.29 is 4.74 Å². The molecule has 3 nitrogen and oxygen atoms in total. The molecule has 0 aliphatic carbocycles. The fraction of sp³-hybridized carbons (Fsp3) is 0.647. The van der Waals surface area contributed by atoms with Crippen LogP contribution >= 0.6 is 11.6 Å². The van der Waals surface area contributed by atoms with Gasteiger partial charge in [0, 0.05) is 42.5 Å². The highest BCUT2D eigenvalue weighted by Gasteiger charge is 2.17. The predicted octanol–water partition coefficient (Wildman–Crippen LogP) is 4.09. The Morgan fingerprint density at radius 2 is 2.00 bits per heavy atom. The van der Waals surface area contributed by atoms with Crippen LogP contribution in [0.15, 0.2) is 18.2 Å². The molecular weight excluding hydrogens is 284 g/mol. The molecule has 0 aromatic heterocycles. The second kappa shape index (κ2) is 8.02. The highest BCUT2D eigenvalue weighted by molar-refractivity contribution is 6.30. The summed E-state index contributed by atoms with van der Waals surface area (Å²) in [6, 6.07) is 6.45. The predicted molar refractivity (Wildman–Crippen MR) is 92.4 cm³/mol. The molecule has 1 aromatic carbocycles. The minimum atomic E-state index is 0.0782. The van der Waals surface area contributed by atoms with Crippen LogP contribution in [0.25, 0.3) is 0 Å². The van der Waals surface area contributed by atoms with Crippen LogP contribution in [-0.2, 0) is 11.3 Å². The average Bonchev–Trinajstić information content (AvgIpc) is 2.38. The minimum Gasteiger partial charge on any atom is -0.383 e. The normalized spacial score (nSPS) is 13.3. The van der Waals surface area contributed by atoms with E-state index >= 15 is 0 Å². The summed E-state index contributed by atoms with van der Waals surface area (Å²) < 4.78 is 5.30. The van der Waals surface area contributed by atoms with Gasteiger partial charge in [0.15, 0.2) is 0 Å². The largest absolute Gasteiger partial charge is 0.383 e. The number of rotatable bonds is 7. The summed E-state index contributed by atoms with van der Waals surface area (Å²) in [4.78, 5) is 2.36. The van der Waals surface area contributed by atoms with Crippen molar-refractivity contribution in [1.29, 1.82) is 0 Å². The molecule has 1 N–H and O–H groups in total. The lowest BCUT2D eigenvalue weighted by molar-refractivity contribution is 0.182. The molecule has 0 amide bonds. The third-order valence-corrected chi connectivity index (χ3v) is 3.68. The summed E-state index contributed by atoms with van der Waals surface area (Å²) in [5.41, 5.74) is 2.53. The molecule has 0 radical (unpaired) electrons. The molecule has 0 fully saturated rings. The Bertz CT molecular complexity index is 443. The van der Waals surface area contributed by atoms with Crippen LogP contribution < -0.4 is 10.2 Å². The SMILES string of the molecule is CCN(c1ccc(Cl)cc1CNC(C)(C)C)C(C)COC. The first kappa shape index (κ1) is 18.3. The van der Waals surface area contributed by atoms with Gasteiger partial charge < -0.3 is 15.0 Å². The van der Waals surface area contributed by atoms with E-state index in [2.05, 4.69) is 57.0 Å². The number of hydrogen-bond donors (Lipinski definition) is 1. The number of methoxy groups -OCH3 is 1. The Morgan fingerprint density at radius 3 is 2.52 bits per heavy atom. The summed E-state index contributed by atoms with van der Waals surface area (Å²) in [5, 5.41) is 4.32. The molecule has 0 saturated heterocycles. The van der Waals surface area contributed by atoms with Crippen LogP contribution in [0, 0.1) is 0 Å². The molecule has 1 unspecified atom stereocenters. The number of halogens is 1. The van der Waals surface area contributed by atoms with E-state index in [1.807, 2.05) is 6.07 Å². The molecule has 4 heteroatoms. The maximum absolute atomic E-state index is 6.18. The van der Waals surface area contributed by atoms with Crippen molar-refractivity contribution in [3.8, 4) is 0 Å². The van der Waals surface area contributed by atoms with Gasteiger partial charge in [-0.1, -0.05) is 11.6 Å². The molecule has 0 bridgehead atoms. The van der Waals surface area contributed by atoms with Gasteiger partial charge in [-0.25, -0.2) is 0 Å². The number of benzene rings is 1. The van der Waals surface area contributed by atoms with Gasteiger partial charge in [0.05, 0.1) is 6.61 Å².